The predicted octanol–water partition coefficient (Wildman–Crippen LogP) is 3.48. The van der Waals surface area contributed by atoms with Crippen LogP contribution in [0.2, 0.25) is 0 Å². The Hall–Kier alpha value is -1.64. The second-order valence-electron chi connectivity index (χ2n) is 4.34. The molecule has 1 aliphatic rings. The monoisotopic (exact) mass is 216 g/mol. The minimum absolute atomic E-state index is 0.210. The number of halogens is 1. The van der Waals surface area contributed by atoms with E-state index < -0.39 is 0 Å². The van der Waals surface area contributed by atoms with Crippen LogP contribution >= 0.6 is 0 Å². The predicted molar refractivity (Wildman–Crippen MR) is 60.6 cm³/mol. The Bertz CT molecular complexity index is 483. The van der Waals surface area contributed by atoms with E-state index in [9.17, 15) is 4.39 Å². The summed E-state index contributed by atoms with van der Waals surface area (Å²) in [5.74, 6) is 0.445. The molecule has 0 amide bonds. The normalized spacial score (nSPS) is 16.1. The lowest BCUT2D eigenvalue weighted by Crippen LogP contribution is -2.08. The van der Waals surface area contributed by atoms with Gasteiger partial charge in [-0.15, -0.1) is 0 Å². The van der Waals surface area contributed by atoms with Crippen LogP contribution in [0.1, 0.15) is 30.9 Å². The van der Waals surface area contributed by atoms with Crippen LogP contribution < -0.4 is 0 Å². The third kappa shape index (κ3) is 1.62. The third-order valence-electron chi connectivity index (χ3n) is 3.28. The lowest BCUT2D eigenvalue weighted by atomic mass is 9.83. The molecule has 0 atom stereocenters. The summed E-state index contributed by atoms with van der Waals surface area (Å²) in [5, 5.41) is 7.35. The molecule has 1 aromatic carbocycles. The zero-order valence-corrected chi connectivity index (χ0v) is 8.91. The number of nitrogens with zero attached hydrogens (tertiary/aromatic N) is 1. The molecule has 0 radical (unpaired) electrons. The number of aromatic nitrogens is 2. The Morgan fingerprint density at radius 2 is 1.94 bits per heavy atom. The van der Waals surface area contributed by atoms with Gasteiger partial charge in [-0.25, -0.2) is 4.39 Å². The zero-order chi connectivity index (χ0) is 11.0. The summed E-state index contributed by atoms with van der Waals surface area (Å²) in [6.45, 7) is 0. The number of hydrogen-bond acceptors (Lipinski definition) is 1. The van der Waals surface area contributed by atoms with Crippen LogP contribution in [-0.2, 0) is 0 Å². The molecule has 1 N–H and O–H groups in total. The molecule has 16 heavy (non-hydrogen) atoms. The third-order valence-corrected chi connectivity index (χ3v) is 3.28. The van der Waals surface area contributed by atoms with E-state index in [0.29, 0.717) is 5.92 Å². The first-order chi connectivity index (χ1) is 7.83. The van der Waals surface area contributed by atoms with E-state index >= 15 is 0 Å². The summed E-state index contributed by atoms with van der Waals surface area (Å²) in [6, 6.07) is 8.53. The first-order valence-electron chi connectivity index (χ1n) is 5.64. The number of hydrogen-bond donors (Lipinski definition) is 1. The lowest BCUT2D eigenvalue weighted by Gasteiger charge is -2.23. The van der Waals surface area contributed by atoms with Crippen molar-refractivity contribution in [1.82, 2.24) is 10.2 Å². The van der Waals surface area contributed by atoms with Crippen molar-refractivity contribution < 1.29 is 4.39 Å². The second-order valence-corrected chi connectivity index (χ2v) is 4.34. The Morgan fingerprint density at radius 1 is 1.19 bits per heavy atom. The average Bonchev–Trinajstić information content (AvgIpc) is 2.65. The first-order valence-corrected chi connectivity index (χ1v) is 5.64. The highest BCUT2D eigenvalue weighted by atomic mass is 19.1. The molecule has 0 spiro atoms. The van der Waals surface area contributed by atoms with Crippen molar-refractivity contribution in [3.8, 4) is 11.3 Å². The first kappa shape index (κ1) is 9.58. The molecule has 0 aliphatic heterocycles. The summed E-state index contributed by atoms with van der Waals surface area (Å²) in [7, 11) is 0. The SMILES string of the molecule is Fc1ccc(-c2cc(C3CCC3)[nH]n2)cc1. The molecule has 0 saturated heterocycles. The van der Waals surface area contributed by atoms with Crippen molar-refractivity contribution in [1.29, 1.82) is 0 Å². The minimum Gasteiger partial charge on any atom is -0.282 e. The molecule has 3 heteroatoms. The number of nitrogens with one attached hydrogen (secondary N) is 1. The molecule has 0 bridgehead atoms. The molecule has 2 nitrogen and oxygen atoms in total. The molecule has 3 rings (SSSR count). The maximum atomic E-state index is 12.8. The van der Waals surface area contributed by atoms with Crippen molar-refractivity contribution in [3.05, 3.63) is 41.8 Å². The Labute approximate surface area is 93.5 Å². The van der Waals surface area contributed by atoms with Crippen LogP contribution in [0.25, 0.3) is 11.3 Å². The highest BCUT2D eigenvalue weighted by Crippen LogP contribution is 2.36. The van der Waals surface area contributed by atoms with E-state index in [4.69, 9.17) is 0 Å². The minimum atomic E-state index is -0.210. The number of rotatable bonds is 2. The molecule has 82 valence electrons. The Morgan fingerprint density at radius 3 is 2.56 bits per heavy atom. The van der Waals surface area contributed by atoms with Crippen molar-refractivity contribution in [2.45, 2.75) is 25.2 Å². The van der Waals surface area contributed by atoms with E-state index in [1.54, 1.807) is 12.1 Å². The molecule has 1 aliphatic carbocycles. The van der Waals surface area contributed by atoms with E-state index in [1.165, 1.54) is 37.1 Å². The fourth-order valence-corrected chi connectivity index (χ4v) is 2.03. The highest BCUT2D eigenvalue weighted by Gasteiger charge is 2.21. The molecule has 0 unspecified atom stereocenters. The van der Waals surface area contributed by atoms with Gasteiger partial charge in [-0.2, -0.15) is 5.10 Å². The van der Waals surface area contributed by atoms with E-state index in [-0.39, 0.29) is 5.82 Å². The molecular formula is C13H13FN2. The van der Waals surface area contributed by atoms with Gasteiger partial charge in [0, 0.05) is 17.2 Å². The summed E-state index contributed by atoms with van der Waals surface area (Å²) in [4.78, 5) is 0. The van der Waals surface area contributed by atoms with Crippen LogP contribution in [0, 0.1) is 5.82 Å². The maximum absolute atomic E-state index is 12.8. The van der Waals surface area contributed by atoms with Gasteiger partial charge >= 0.3 is 0 Å². The number of H-pyrrole nitrogens is 1. The van der Waals surface area contributed by atoms with Crippen molar-refractivity contribution >= 4 is 0 Å². The second kappa shape index (κ2) is 3.74. The molecular weight excluding hydrogens is 203 g/mol. The van der Waals surface area contributed by atoms with Crippen molar-refractivity contribution in [2.24, 2.45) is 0 Å². The summed E-state index contributed by atoms with van der Waals surface area (Å²) in [6.07, 6.45) is 3.83. The fourth-order valence-electron chi connectivity index (χ4n) is 2.03. The van der Waals surface area contributed by atoms with Gasteiger partial charge in [0.15, 0.2) is 0 Å². The molecule has 2 aromatic rings. The van der Waals surface area contributed by atoms with Gasteiger partial charge < -0.3 is 0 Å². The Balaban J connectivity index is 1.88. The lowest BCUT2D eigenvalue weighted by molar-refractivity contribution is 0.410. The zero-order valence-electron chi connectivity index (χ0n) is 8.91. The van der Waals surface area contributed by atoms with Gasteiger partial charge in [-0.1, -0.05) is 6.42 Å². The topological polar surface area (TPSA) is 28.7 Å². The highest BCUT2D eigenvalue weighted by molar-refractivity contribution is 5.59. The van der Waals surface area contributed by atoms with E-state index in [2.05, 4.69) is 16.3 Å². The summed E-state index contributed by atoms with van der Waals surface area (Å²) in [5.41, 5.74) is 3.08. The van der Waals surface area contributed by atoms with Gasteiger partial charge in [0.25, 0.3) is 0 Å². The summed E-state index contributed by atoms with van der Waals surface area (Å²) >= 11 is 0. The van der Waals surface area contributed by atoms with Gasteiger partial charge in [-0.3, -0.25) is 5.10 Å². The molecule has 1 aromatic heterocycles. The van der Waals surface area contributed by atoms with Gasteiger partial charge in [-0.05, 0) is 43.2 Å². The van der Waals surface area contributed by atoms with E-state index in [0.717, 1.165) is 11.3 Å². The molecule has 1 heterocycles. The van der Waals surface area contributed by atoms with Crippen LogP contribution in [0.15, 0.2) is 30.3 Å². The quantitative estimate of drug-likeness (QED) is 0.817. The standard InChI is InChI=1S/C13H13FN2/c14-11-6-4-10(5-7-11)13-8-12(15-16-13)9-2-1-3-9/h4-9H,1-3H2,(H,15,16). The number of aromatic amines is 1. The van der Waals surface area contributed by atoms with Gasteiger partial charge in [0.05, 0.1) is 5.69 Å². The van der Waals surface area contributed by atoms with Crippen LogP contribution in [0.3, 0.4) is 0 Å². The molecule has 1 saturated carbocycles. The van der Waals surface area contributed by atoms with Gasteiger partial charge in [0.2, 0.25) is 0 Å². The smallest absolute Gasteiger partial charge is 0.123 e. The van der Waals surface area contributed by atoms with E-state index in [1.807, 2.05) is 0 Å². The average molecular weight is 216 g/mol. The Kier molecular flexibility index (Phi) is 2.24. The fraction of sp³-hybridized carbons (Fsp3) is 0.308. The summed E-state index contributed by atoms with van der Waals surface area (Å²) < 4.78 is 12.8. The van der Waals surface area contributed by atoms with Crippen molar-refractivity contribution in [3.63, 3.8) is 0 Å². The molecule has 1 fully saturated rings. The maximum Gasteiger partial charge on any atom is 0.123 e. The van der Waals surface area contributed by atoms with Gasteiger partial charge in [0.1, 0.15) is 5.82 Å². The van der Waals surface area contributed by atoms with Crippen LogP contribution in [0.5, 0.6) is 0 Å². The van der Waals surface area contributed by atoms with Crippen LogP contribution in [-0.4, -0.2) is 10.2 Å². The van der Waals surface area contributed by atoms with Crippen molar-refractivity contribution in [2.75, 3.05) is 0 Å². The largest absolute Gasteiger partial charge is 0.282 e. The van der Waals surface area contributed by atoms with Crippen LogP contribution in [0.4, 0.5) is 4.39 Å². The number of benzene rings is 1.